The van der Waals surface area contributed by atoms with Crippen molar-refractivity contribution in [3.63, 3.8) is 0 Å². The lowest BCUT2D eigenvalue weighted by Gasteiger charge is -2.05. The predicted octanol–water partition coefficient (Wildman–Crippen LogP) is 0.483. The van der Waals surface area contributed by atoms with Gasteiger partial charge in [0.1, 0.15) is 12.1 Å². The Bertz CT molecular complexity index is 467. The van der Waals surface area contributed by atoms with Crippen LogP contribution < -0.4 is 4.74 Å². The molecule has 0 spiro atoms. The van der Waals surface area contributed by atoms with Crippen LogP contribution in [0.2, 0.25) is 0 Å². The van der Waals surface area contributed by atoms with Gasteiger partial charge in [-0.2, -0.15) is 0 Å². The standard InChI is InChI=1S/C9H8N4O2/c1-15-9-3-2-8(4-7(9)5-14)13-6-10-11-12-13/h2-6H,1H3/i5+2. The summed E-state index contributed by atoms with van der Waals surface area (Å²) >= 11 is 0. The quantitative estimate of drug-likeness (QED) is 0.683. The summed E-state index contributed by atoms with van der Waals surface area (Å²) in [6.07, 6.45) is 2.18. The highest BCUT2D eigenvalue weighted by Crippen LogP contribution is 2.19. The van der Waals surface area contributed by atoms with Gasteiger partial charge < -0.3 is 4.74 Å². The number of tetrazole rings is 1. The molecule has 0 amide bonds. The van der Waals surface area contributed by atoms with Crippen molar-refractivity contribution in [2.75, 3.05) is 7.11 Å². The van der Waals surface area contributed by atoms with E-state index in [4.69, 9.17) is 4.74 Å². The van der Waals surface area contributed by atoms with Gasteiger partial charge in [0.25, 0.3) is 0 Å². The molecule has 0 aliphatic heterocycles. The van der Waals surface area contributed by atoms with Crippen molar-refractivity contribution in [2.45, 2.75) is 0 Å². The van der Waals surface area contributed by atoms with Crippen molar-refractivity contribution in [1.29, 1.82) is 0 Å². The second-order valence-electron chi connectivity index (χ2n) is 2.80. The number of aldehydes is 1. The first-order chi connectivity index (χ1) is 7.35. The topological polar surface area (TPSA) is 69.9 Å². The second kappa shape index (κ2) is 3.87. The van der Waals surface area contributed by atoms with Gasteiger partial charge in [0.2, 0.25) is 0 Å². The van der Waals surface area contributed by atoms with E-state index in [1.165, 1.54) is 18.1 Å². The minimum absolute atomic E-state index is 0.463. The first kappa shape index (κ1) is 9.32. The summed E-state index contributed by atoms with van der Waals surface area (Å²) in [5, 5.41) is 10.7. The normalized spacial score (nSPS) is 9.93. The van der Waals surface area contributed by atoms with E-state index < -0.39 is 0 Å². The lowest BCUT2D eigenvalue weighted by molar-refractivity contribution is 0.112. The minimum Gasteiger partial charge on any atom is -0.496 e. The Labute approximate surface area is 85.5 Å². The third-order valence-corrected chi connectivity index (χ3v) is 1.95. The molecular formula is C9H8N4O2. The number of nitrogens with zero attached hydrogens (tertiary/aromatic N) is 4. The number of hydrogen-bond donors (Lipinski definition) is 0. The van der Waals surface area contributed by atoms with Crippen molar-refractivity contribution in [2.24, 2.45) is 0 Å². The summed E-state index contributed by atoms with van der Waals surface area (Å²) in [7, 11) is 1.51. The Hall–Kier alpha value is -2.24. The van der Waals surface area contributed by atoms with Crippen molar-refractivity contribution in [3.05, 3.63) is 30.1 Å². The molecule has 0 N–H and O–H groups in total. The largest absolute Gasteiger partial charge is 0.496 e. The molecular weight excluding hydrogens is 198 g/mol. The van der Waals surface area contributed by atoms with Gasteiger partial charge in [-0.25, -0.2) is 4.68 Å². The molecule has 0 saturated heterocycles. The van der Waals surface area contributed by atoms with Crippen LogP contribution in [-0.4, -0.2) is 33.6 Å². The zero-order valence-electron chi connectivity index (χ0n) is 7.99. The van der Waals surface area contributed by atoms with Crippen molar-refractivity contribution < 1.29 is 9.53 Å². The molecule has 6 nitrogen and oxygen atoms in total. The van der Waals surface area contributed by atoms with Crippen LogP contribution in [0.15, 0.2) is 24.5 Å². The first-order valence-electron chi connectivity index (χ1n) is 4.21. The summed E-state index contributed by atoms with van der Waals surface area (Å²) in [6, 6.07) is 5.12. The lowest BCUT2D eigenvalue weighted by atomic mass is 10.2. The molecule has 2 rings (SSSR count). The molecule has 0 radical (unpaired) electrons. The van der Waals surface area contributed by atoms with Crippen LogP contribution in [0.5, 0.6) is 5.75 Å². The van der Waals surface area contributed by atoms with Crippen LogP contribution in [0.4, 0.5) is 0 Å². The number of carbonyl (C=O) groups excluding carboxylic acids is 1. The Kier molecular flexibility index (Phi) is 2.40. The minimum atomic E-state index is 0.463. The van der Waals surface area contributed by atoms with E-state index in [2.05, 4.69) is 15.5 Å². The molecule has 0 atom stereocenters. The summed E-state index contributed by atoms with van der Waals surface area (Å²) in [5.41, 5.74) is 1.17. The van der Waals surface area contributed by atoms with Gasteiger partial charge >= 0.3 is 0 Å². The molecule has 1 aromatic carbocycles. The molecule has 76 valence electrons. The molecule has 0 aliphatic carbocycles. The van der Waals surface area contributed by atoms with Crippen LogP contribution in [-0.2, 0) is 0 Å². The summed E-state index contributed by atoms with van der Waals surface area (Å²) in [5.74, 6) is 0.529. The summed E-state index contributed by atoms with van der Waals surface area (Å²) in [6.45, 7) is 0. The maximum Gasteiger partial charge on any atom is 0.153 e. The Morgan fingerprint density at radius 2 is 2.33 bits per heavy atom. The molecule has 15 heavy (non-hydrogen) atoms. The van der Waals surface area contributed by atoms with Gasteiger partial charge in [-0.1, -0.05) is 0 Å². The van der Waals surface area contributed by atoms with Crippen LogP contribution in [0.3, 0.4) is 0 Å². The summed E-state index contributed by atoms with van der Waals surface area (Å²) < 4.78 is 6.48. The highest BCUT2D eigenvalue weighted by atomic mass is 16.5. The van der Waals surface area contributed by atoms with E-state index in [0.717, 1.165) is 6.29 Å². The van der Waals surface area contributed by atoms with E-state index in [0.29, 0.717) is 17.0 Å². The highest BCUT2D eigenvalue weighted by molar-refractivity contribution is 5.80. The molecule has 2 aromatic rings. The monoisotopic (exact) mass is 206 g/mol. The van der Waals surface area contributed by atoms with E-state index in [-0.39, 0.29) is 0 Å². The number of carbonyl (C=O) groups is 1. The van der Waals surface area contributed by atoms with Crippen molar-refractivity contribution in [1.82, 2.24) is 20.2 Å². The van der Waals surface area contributed by atoms with Crippen LogP contribution in [0, 0.1) is 0 Å². The molecule has 0 unspecified atom stereocenters. The van der Waals surface area contributed by atoms with Gasteiger partial charge in [0.05, 0.1) is 18.4 Å². The molecule has 1 heterocycles. The molecule has 0 fully saturated rings. The fourth-order valence-electron chi connectivity index (χ4n) is 1.24. The smallest absolute Gasteiger partial charge is 0.153 e. The van der Waals surface area contributed by atoms with Crippen molar-refractivity contribution >= 4 is 6.29 Å². The van der Waals surface area contributed by atoms with E-state index in [1.54, 1.807) is 18.2 Å². The zero-order chi connectivity index (χ0) is 10.7. The average Bonchev–Trinajstić information content (AvgIpc) is 2.81. The lowest BCUT2D eigenvalue weighted by Crippen LogP contribution is -1.98. The van der Waals surface area contributed by atoms with Crippen LogP contribution in [0.1, 0.15) is 10.4 Å². The second-order valence-corrected chi connectivity index (χ2v) is 2.80. The SMILES string of the molecule is COc1ccc(-n2cnnn2)cc1[14CH]=O. The Morgan fingerprint density at radius 1 is 1.47 bits per heavy atom. The van der Waals surface area contributed by atoms with E-state index in [1.807, 2.05) is 0 Å². The fourth-order valence-corrected chi connectivity index (χ4v) is 1.24. The molecule has 0 bridgehead atoms. The van der Waals surface area contributed by atoms with Crippen LogP contribution in [0.25, 0.3) is 5.69 Å². The molecule has 0 aliphatic rings. The molecule has 6 heteroatoms. The predicted molar refractivity (Wildman–Crippen MR) is 51.1 cm³/mol. The van der Waals surface area contributed by atoms with Gasteiger partial charge in [-0.05, 0) is 28.6 Å². The number of methoxy groups -OCH3 is 1. The highest BCUT2D eigenvalue weighted by Gasteiger charge is 2.05. The molecule has 0 saturated carbocycles. The summed E-state index contributed by atoms with van der Waals surface area (Å²) in [4.78, 5) is 10.8. The zero-order valence-corrected chi connectivity index (χ0v) is 7.99. The van der Waals surface area contributed by atoms with E-state index >= 15 is 0 Å². The van der Waals surface area contributed by atoms with Crippen molar-refractivity contribution in [3.8, 4) is 11.4 Å². The molecule has 1 aromatic heterocycles. The maximum absolute atomic E-state index is 10.8. The number of rotatable bonds is 3. The number of aromatic nitrogens is 4. The van der Waals surface area contributed by atoms with Gasteiger partial charge in [-0.3, -0.25) is 4.79 Å². The third-order valence-electron chi connectivity index (χ3n) is 1.95. The first-order valence-corrected chi connectivity index (χ1v) is 4.21. The van der Waals surface area contributed by atoms with Gasteiger partial charge in [0, 0.05) is 0 Å². The van der Waals surface area contributed by atoms with Crippen LogP contribution >= 0.6 is 0 Å². The maximum atomic E-state index is 10.8. The number of benzene rings is 1. The Morgan fingerprint density at radius 3 is 2.93 bits per heavy atom. The van der Waals surface area contributed by atoms with Gasteiger partial charge in [0.15, 0.2) is 6.29 Å². The Balaban J connectivity index is 2.48. The number of hydrogen-bond acceptors (Lipinski definition) is 5. The van der Waals surface area contributed by atoms with E-state index in [9.17, 15) is 4.79 Å². The number of ether oxygens (including phenoxy) is 1. The fraction of sp³-hybridized carbons (Fsp3) is 0.111. The third kappa shape index (κ3) is 1.69. The van der Waals surface area contributed by atoms with Gasteiger partial charge in [-0.15, -0.1) is 5.10 Å². The average molecular weight is 206 g/mol.